The first kappa shape index (κ1) is 13.3. The summed E-state index contributed by atoms with van der Waals surface area (Å²) in [5.41, 5.74) is 0. The highest BCUT2D eigenvalue weighted by Gasteiger charge is 2.32. The number of rotatable bonds is 6. The van der Waals surface area contributed by atoms with E-state index in [9.17, 15) is 9.59 Å². The molecule has 0 aromatic heterocycles. The van der Waals surface area contributed by atoms with Gasteiger partial charge in [-0.15, -0.1) is 11.8 Å². The molecule has 0 spiro atoms. The van der Waals surface area contributed by atoms with Gasteiger partial charge in [0, 0.05) is 0 Å². The number of ether oxygens (including phenoxy) is 1. The van der Waals surface area contributed by atoms with Crippen molar-refractivity contribution in [2.75, 3.05) is 12.4 Å². The second-order valence-electron chi connectivity index (χ2n) is 2.98. The summed E-state index contributed by atoms with van der Waals surface area (Å²) in [6, 6.07) is 0. The zero-order chi connectivity index (χ0) is 11.2. The van der Waals surface area contributed by atoms with E-state index in [0.29, 0.717) is 13.0 Å². The quantitative estimate of drug-likeness (QED) is 0.688. The van der Waals surface area contributed by atoms with Crippen LogP contribution < -0.4 is 0 Å². The Morgan fingerprint density at radius 2 is 2.00 bits per heavy atom. The van der Waals surface area contributed by atoms with E-state index >= 15 is 0 Å². The number of carbonyl (C=O) groups is 2. The Kier molecular flexibility index (Phi) is 5.60. The third-order valence-corrected chi connectivity index (χ3v) is 3.42. The molecule has 0 amide bonds. The van der Waals surface area contributed by atoms with E-state index in [1.807, 2.05) is 0 Å². The minimum Gasteiger partial charge on any atom is -0.480 e. The van der Waals surface area contributed by atoms with E-state index in [2.05, 4.69) is 0 Å². The summed E-state index contributed by atoms with van der Waals surface area (Å²) in [4.78, 5) is 21.8. The van der Waals surface area contributed by atoms with Crippen LogP contribution in [0.2, 0.25) is 0 Å². The van der Waals surface area contributed by atoms with Crippen molar-refractivity contribution in [1.29, 1.82) is 0 Å². The van der Waals surface area contributed by atoms with Gasteiger partial charge in [-0.1, -0.05) is 6.92 Å². The fraction of sp³-hybridized carbons (Fsp3) is 0.778. The van der Waals surface area contributed by atoms with Crippen molar-refractivity contribution < 1.29 is 19.4 Å². The number of carbonyl (C=O) groups excluding carboxylic acids is 1. The molecule has 0 aromatic rings. The summed E-state index contributed by atoms with van der Waals surface area (Å²) in [5.74, 6) is -1.17. The Morgan fingerprint density at radius 3 is 2.36 bits per heavy atom. The predicted molar refractivity (Wildman–Crippen MR) is 55.4 cm³/mol. The minimum atomic E-state index is -0.896. The van der Waals surface area contributed by atoms with Gasteiger partial charge in [0.05, 0.1) is 12.4 Å². The molecule has 0 aliphatic rings. The van der Waals surface area contributed by atoms with Gasteiger partial charge in [-0.25, -0.2) is 0 Å². The number of thioether (sulfide) groups is 1. The minimum absolute atomic E-state index is 0.0878. The summed E-state index contributed by atoms with van der Waals surface area (Å²) < 4.78 is 3.81. The Morgan fingerprint density at radius 1 is 1.43 bits per heavy atom. The van der Waals surface area contributed by atoms with E-state index in [4.69, 9.17) is 9.84 Å². The van der Waals surface area contributed by atoms with Crippen LogP contribution in [0.15, 0.2) is 0 Å². The lowest BCUT2D eigenvalue weighted by Crippen LogP contribution is -2.32. The van der Waals surface area contributed by atoms with Gasteiger partial charge in [-0.2, -0.15) is 0 Å². The standard InChI is InChI=1S/C9H16O4S/c1-4-9(3,8(11)12)14-6-7(10)13-5-2/h4-6H2,1-3H3,(H,11,12). The SMILES string of the molecule is CCOC(=O)CSC(C)(CC)C(=O)O. The predicted octanol–water partition coefficient (Wildman–Crippen LogP) is 1.54. The molecule has 5 heteroatoms. The van der Waals surface area contributed by atoms with Crippen LogP contribution in [0.25, 0.3) is 0 Å². The first-order valence-corrected chi connectivity index (χ1v) is 5.47. The first-order chi connectivity index (χ1) is 6.46. The van der Waals surface area contributed by atoms with Crippen LogP contribution in [-0.2, 0) is 14.3 Å². The summed E-state index contributed by atoms with van der Waals surface area (Å²) in [6.45, 7) is 5.44. The van der Waals surface area contributed by atoms with Crippen LogP contribution in [0.1, 0.15) is 27.2 Å². The van der Waals surface area contributed by atoms with Crippen molar-refractivity contribution in [1.82, 2.24) is 0 Å². The third kappa shape index (κ3) is 4.00. The maximum atomic E-state index is 11.0. The molecule has 4 nitrogen and oxygen atoms in total. The van der Waals surface area contributed by atoms with E-state index in [1.165, 1.54) is 0 Å². The normalized spacial score (nSPS) is 14.5. The Hall–Kier alpha value is -0.710. The van der Waals surface area contributed by atoms with Gasteiger partial charge in [0.15, 0.2) is 0 Å². The fourth-order valence-corrected chi connectivity index (χ4v) is 1.58. The molecular formula is C9H16O4S. The zero-order valence-corrected chi connectivity index (χ0v) is 9.52. The molecule has 0 radical (unpaired) electrons. The van der Waals surface area contributed by atoms with Crippen molar-refractivity contribution in [2.45, 2.75) is 31.9 Å². The molecule has 0 saturated heterocycles. The maximum absolute atomic E-state index is 11.0. The number of hydrogen-bond acceptors (Lipinski definition) is 4. The monoisotopic (exact) mass is 220 g/mol. The van der Waals surface area contributed by atoms with Gasteiger partial charge < -0.3 is 9.84 Å². The van der Waals surface area contributed by atoms with Crippen molar-refractivity contribution >= 4 is 23.7 Å². The van der Waals surface area contributed by atoms with Gasteiger partial charge in [0.25, 0.3) is 0 Å². The third-order valence-electron chi connectivity index (χ3n) is 1.94. The molecule has 82 valence electrons. The topological polar surface area (TPSA) is 63.6 Å². The van der Waals surface area contributed by atoms with Gasteiger partial charge in [0.2, 0.25) is 0 Å². The van der Waals surface area contributed by atoms with Crippen LogP contribution >= 0.6 is 11.8 Å². The largest absolute Gasteiger partial charge is 0.480 e. The second-order valence-corrected chi connectivity index (χ2v) is 4.46. The molecule has 0 heterocycles. The van der Waals surface area contributed by atoms with E-state index in [0.717, 1.165) is 11.8 Å². The zero-order valence-electron chi connectivity index (χ0n) is 8.70. The molecule has 1 atom stereocenters. The van der Waals surface area contributed by atoms with Crippen molar-refractivity contribution in [3.63, 3.8) is 0 Å². The average Bonchev–Trinajstić information content (AvgIpc) is 2.14. The van der Waals surface area contributed by atoms with E-state index < -0.39 is 10.7 Å². The van der Waals surface area contributed by atoms with Gasteiger partial charge in [0.1, 0.15) is 4.75 Å². The molecule has 1 unspecified atom stereocenters. The highest BCUT2D eigenvalue weighted by Crippen LogP contribution is 2.28. The number of hydrogen-bond donors (Lipinski definition) is 1. The summed E-state index contributed by atoms with van der Waals surface area (Å²) in [6.07, 6.45) is 0.479. The second kappa shape index (κ2) is 5.90. The molecule has 0 aliphatic carbocycles. The number of aliphatic carboxylic acids is 1. The van der Waals surface area contributed by atoms with Gasteiger partial charge >= 0.3 is 11.9 Å². The highest BCUT2D eigenvalue weighted by atomic mass is 32.2. The van der Waals surface area contributed by atoms with Gasteiger partial charge in [-0.05, 0) is 20.3 Å². The average molecular weight is 220 g/mol. The lowest BCUT2D eigenvalue weighted by atomic mass is 10.1. The summed E-state index contributed by atoms with van der Waals surface area (Å²) in [7, 11) is 0. The van der Waals surface area contributed by atoms with Crippen molar-refractivity contribution in [3.8, 4) is 0 Å². The molecule has 1 N–H and O–H groups in total. The summed E-state index contributed by atoms with van der Waals surface area (Å²) >= 11 is 1.11. The Labute approximate surface area is 88.0 Å². The Balaban J connectivity index is 4.08. The Bertz CT molecular complexity index is 217. The van der Waals surface area contributed by atoms with Crippen LogP contribution in [0.3, 0.4) is 0 Å². The first-order valence-electron chi connectivity index (χ1n) is 4.49. The van der Waals surface area contributed by atoms with Crippen LogP contribution in [0.4, 0.5) is 0 Å². The lowest BCUT2D eigenvalue weighted by Gasteiger charge is -2.21. The van der Waals surface area contributed by atoms with E-state index in [1.54, 1.807) is 20.8 Å². The van der Waals surface area contributed by atoms with Crippen molar-refractivity contribution in [2.24, 2.45) is 0 Å². The number of esters is 1. The maximum Gasteiger partial charge on any atom is 0.319 e. The highest BCUT2D eigenvalue weighted by molar-refractivity contribution is 8.02. The smallest absolute Gasteiger partial charge is 0.319 e. The summed E-state index contributed by atoms with van der Waals surface area (Å²) in [5, 5.41) is 8.90. The fourth-order valence-electron chi connectivity index (χ4n) is 0.736. The van der Waals surface area contributed by atoms with E-state index in [-0.39, 0.29) is 11.7 Å². The molecular weight excluding hydrogens is 204 g/mol. The van der Waals surface area contributed by atoms with Crippen molar-refractivity contribution in [3.05, 3.63) is 0 Å². The lowest BCUT2D eigenvalue weighted by molar-refractivity contribution is -0.139. The number of carboxylic acids is 1. The molecule has 0 saturated carbocycles. The molecule has 0 aromatic carbocycles. The van der Waals surface area contributed by atoms with Gasteiger partial charge in [-0.3, -0.25) is 9.59 Å². The van der Waals surface area contributed by atoms with Crippen LogP contribution in [-0.4, -0.2) is 34.2 Å². The number of carboxylic acid groups (broad SMARTS) is 1. The van der Waals surface area contributed by atoms with Crippen LogP contribution in [0, 0.1) is 0 Å². The molecule has 0 aliphatic heterocycles. The molecule has 14 heavy (non-hydrogen) atoms. The molecule has 0 rings (SSSR count). The molecule has 0 fully saturated rings. The van der Waals surface area contributed by atoms with Crippen LogP contribution in [0.5, 0.6) is 0 Å². The molecule has 0 bridgehead atoms.